The van der Waals surface area contributed by atoms with Gasteiger partial charge in [-0.25, -0.2) is 0 Å². The molecule has 0 atom stereocenters. The molecule has 0 saturated heterocycles. The lowest BCUT2D eigenvalue weighted by Crippen LogP contribution is -2.22. The van der Waals surface area contributed by atoms with E-state index in [1.165, 1.54) is 32.2 Å². The van der Waals surface area contributed by atoms with Crippen LogP contribution in [0.5, 0.6) is 11.5 Å². The van der Waals surface area contributed by atoms with E-state index in [4.69, 9.17) is 9.47 Å². The van der Waals surface area contributed by atoms with Crippen molar-refractivity contribution in [3.05, 3.63) is 23.8 Å². The molecule has 5 heteroatoms. The van der Waals surface area contributed by atoms with Crippen LogP contribution in [-0.4, -0.2) is 19.0 Å². The third-order valence-corrected chi connectivity index (χ3v) is 1.65. The molecule has 0 aromatic heterocycles. The second-order valence-corrected chi connectivity index (χ2v) is 2.75. The molecule has 0 radical (unpaired) electrons. The minimum atomic E-state index is -1.32. The highest BCUT2D eigenvalue weighted by atomic mass is 16.6. The van der Waals surface area contributed by atoms with Gasteiger partial charge in [0.1, 0.15) is 0 Å². The summed E-state index contributed by atoms with van der Waals surface area (Å²) in [4.78, 5) is 21.2. The molecule has 80 valence electrons. The first-order valence-corrected chi connectivity index (χ1v) is 4.12. The largest absolute Gasteiger partial charge is 0.545 e. The number of aromatic carboxylic acids is 1. The van der Waals surface area contributed by atoms with E-state index in [9.17, 15) is 14.7 Å². The maximum atomic E-state index is 10.7. The maximum Gasteiger partial charge on any atom is 0.308 e. The molecule has 1 aromatic carbocycles. The number of carbonyl (C=O) groups is 2. The minimum absolute atomic E-state index is 0.0391. The van der Waals surface area contributed by atoms with Gasteiger partial charge in [-0.1, -0.05) is 0 Å². The van der Waals surface area contributed by atoms with Crippen LogP contribution >= 0.6 is 0 Å². The molecule has 0 spiro atoms. The number of carboxylic acids is 1. The van der Waals surface area contributed by atoms with E-state index in [1.807, 2.05) is 0 Å². The first-order valence-electron chi connectivity index (χ1n) is 4.12. The number of methoxy groups -OCH3 is 1. The van der Waals surface area contributed by atoms with E-state index in [2.05, 4.69) is 0 Å². The summed E-state index contributed by atoms with van der Waals surface area (Å²) in [5.74, 6) is -1.47. The van der Waals surface area contributed by atoms with Gasteiger partial charge in [0.25, 0.3) is 0 Å². The molecule has 0 aliphatic rings. The van der Waals surface area contributed by atoms with Crippen molar-refractivity contribution in [1.82, 2.24) is 0 Å². The van der Waals surface area contributed by atoms with Crippen LogP contribution in [0.2, 0.25) is 0 Å². The monoisotopic (exact) mass is 209 g/mol. The Hall–Kier alpha value is -2.04. The summed E-state index contributed by atoms with van der Waals surface area (Å²) in [7, 11) is 1.35. The van der Waals surface area contributed by atoms with Gasteiger partial charge in [0, 0.05) is 12.5 Å². The smallest absolute Gasteiger partial charge is 0.308 e. The molecule has 0 unspecified atom stereocenters. The zero-order chi connectivity index (χ0) is 11.4. The molecule has 15 heavy (non-hydrogen) atoms. The van der Waals surface area contributed by atoms with Crippen LogP contribution in [0.1, 0.15) is 17.3 Å². The summed E-state index contributed by atoms with van der Waals surface area (Å²) >= 11 is 0. The summed E-state index contributed by atoms with van der Waals surface area (Å²) in [6.45, 7) is 1.24. The Morgan fingerprint density at radius 3 is 2.40 bits per heavy atom. The fourth-order valence-corrected chi connectivity index (χ4v) is 1.03. The maximum absolute atomic E-state index is 10.7. The number of hydrogen-bond donors (Lipinski definition) is 0. The van der Waals surface area contributed by atoms with Gasteiger partial charge >= 0.3 is 5.97 Å². The third kappa shape index (κ3) is 2.70. The van der Waals surface area contributed by atoms with Gasteiger partial charge in [-0.15, -0.1) is 0 Å². The van der Waals surface area contributed by atoms with Crippen molar-refractivity contribution in [2.75, 3.05) is 7.11 Å². The van der Waals surface area contributed by atoms with Crippen LogP contribution in [0.25, 0.3) is 0 Å². The average Bonchev–Trinajstić information content (AvgIpc) is 2.17. The molecular formula is C10H9O5-. The van der Waals surface area contributed by atoms with Crippen molar-refractivity contribution >= 4 is 11.9 Å². The SMILES string of the molecule is COc1cc(C(=O)[O-])ccc1OC(C)=O. The van der Waals surface area contributed by atoms with E-state index in [0.717, 1.165) is 0 Å². The predicted octanol–water partition coefficient (Wildman–Crippen LogP) is -0.0160. The number of carbonyl (C=O) groups excluding carboxylic acids is 2. The number of carboxylic acid groups (broad SMARTS) is 1. The van der Waals surface area contributed by atoms with Crippen LogP contribution in [0, 0.1) is 0 Å². The molecule has 0 fully saturated rings. The van der Waals surface area contributed by atoms with Crippen LogP contribution in [0.15, 0.2) is 18.2 Å². The second-order valence-electron chi connectivity index (χ2n) is 2.75. The van der Waals surface area contributed by atoms with Gasteiger partial charge in [0.05, 0.1) is 13.1 Å². The first-order chi connectivity index (χ1) is 7.04. The number of esters is 1. The topological polar surface area (TPSA) is 75.7 Å². The molecular weight excluding hydrogens is 200 g/mol. The van der Waals surface area contributed by atoms with Gasteiger partial charge in [-0.05, 0) is 18.2 Å². The number of hydrogen-bond acceptors (Lipinski definition) is 5. The number of ether oxygens (including phenoxy) is 2. The minimum Gasteiger partial charge on any atom is -0.545 e. The summed E-state index contributed by atoms with van der Waals surface area (Å²) in [6, 6.07) is 3.84. The van der Waals surface area contributed by atoms with Crippen molar-refractivity contribution in [3.8, 4) is 11.5 Å². The molecule has 0 amide bonds. The Balaban J connectivity index is 3.08. The number of benzene rings is 1. The van der Waals surface area contributed by atoms with Gasteiger partial charge in [0.2, 0.25) is 0 Å². The molecule has 1 rings (SSSR count). The highest BCUT2D eigenvalue weighted by Gasteiger charge is 2.07. The third-order valence-electron chi connectivity index (χ3n) is 1.65. The Morgan fingerprint density at radius 1 is 1.27 bits per heavy atom. The quantitative estimate of drug-likeness (QED) is 0.516. The standard InChI is InChI=1S/C10H10O5/c1-6(11)15-8-4-3-7(10(12)13)5-9(8)14-2/h3-5H,1-2H3,(H,12,13)/p-1. The fraction of sp³-hybridized carbons (Fsp3) is 0.200. The summed E-state index contributed by atoms with van der Waals surface area (Å²) < 4.78 is 9.66. The Morgan fingerprint density at radius 2 is 1.93 bits per heavy atom. The van der Waals surface area contributed by atoms with E-state index in [0.29, 0.717) is 0 Å². The Bertz CT molecular complexity index is 397. The Kier molecular flexibility index (Phi) is 3.28. The normalized spacial score (nSPS) is 9.47. The molecule has 0 aliphatic heterocycles. The lowest BCUT2D eigenvalue weighted by atomic mass is 10.2. The summed E-state index contributed by atoms with van der Waals surface area (Å²) in [5, 5.41) is 10.5. The summed E-state index contributed by atoms with van der Waals surface area (Å²) in [5.41, 5.74) is -0.0391. The van der Waals surface area contributed by atoms with Crippen molar-refractivity contribution in [2.24, 2.45) is 0 Å². The zero-order valence-electron chi connectivity index (χ0n) is 8.27. The van der Waals surface area contributed by atoms with Crippen LogP contribution < -0.4 is 14.6 Å². The second kappa shape index (κ2) is 4.45. The molecule has 0 saturated carbocycles. The average molecular weight is 209 g/mol. The van der Waals surface area contributed by atoms with Crippen molar-refractivity contribution in [2.45, 2.75) is 6.92 Å². The molecule has 5 nitrogen and oxygen atoms in total. The van der Waals surface area contributed by atoms with Gasteiger partial charge < -0.3 is 19.4 Å². The molecule has 0 heterocycles. The Labute approximate surface area is 86.2 Å². The summed E-state index contributed by atoms with van der Waals surface area (Å²) in [6.07, 6.45) is 0. The lowest BCUT2D eigenvalue weighted by molar-refractivity contribution is -0.255. The molecule has 0 aliphatic carbocycles. The van der Waals surface area contributed by atoms with Crippen LogP contribution in [0.4, 0.5) is 0 Å². The van der Waals surface area contributed by atoms with E-state index < -0.39 is 11.9 Å². The van der Waals surface area contributed by atoms with Crippen molar-refractivity contribution < 1.29 is 24.2 Å². The molecule has 0 bridgehead atoms. The van der Waals surface area contributed by atoms with Crippen LogP contribution in [-0.2, 0) is 4.79 Å². The molecule has 1 aromatic rings. The highest BCUT2D eigenvalue weighted by molar-refractivity contribution is 5.87. The van der Waals surface area contributed by atoms with Crippen molar-refractivity contribution in [3.63, 3.8) is 0 Å². The zero-order valence-corrected chi connectivity index (χ0v) is 8.27. The first kappa shape index (κ1) is 11.0. The number of rotatable bonds is 3. The lowest BCUT2D eigenvalue weighted by Gasteiger charge is -2.10. The van der Waals surface area contributed by atoms with E-state index in [-0.39, 0.29) is 17.1 Å². The van der Waals surface area contributed by atoms with Crippen LogP contribution in [0.3, 0.4) is 0 Å². The van der Waals surface area contributed by atoms with Crippen molar-refractivity contribution in [1.29, 1.82) is 0 Å². The molecule has 0 N–H and O–H groups in total. The van der Waals surface area contributed by atoms with Gasteiger partial charge in [-0.3, -0.25) is 4.79 Å². The van der Waals surface area contributed by atoms with E-state index in [1.54, 1.807) is 0 Å². The fourth-order valence-electron chi connectivity index (χ4n) is 1.03. The van der Waals surface area contributed by atoms with E-state index >= 15 is 0 Å². The predicted molar refractivity (Wildman–Crippen MR) is 48.6 cm³/mol. The van der Waals surface area contributed by atoms with Gasteiger partial charge in [-0.2, -0.15) is 0 Å². The highest BCUT2D eigenvalue weighted by Crippen LogP contribution is 2.27. The van der Waals surface area contributed by atoms with Gasteiger partial charge in [0.15, 0.2) is 11.5 Å².